The highest BCUT2D eigenvalue weighted by molar-refractivity contribution is 7.92. The minimum Gasteiger partial charge on any atom is -0.372 e. The highest BCUT2D eigenvalue weighted by Gasteiger charge is 2.31. The maximum Gasteiger partial charge on any atom is 0.416 e. The fourth-order valence-electron chi connectivity index (χ4n) is 1.45. The van der Waals surface area contributed by atoms with E-state index in [0.29, 0.717) is 12.1 Å². The second-order valence-electron chi connectivity index (χ2n) is 4.50. The van der Waals surface area contributed by atoms with Gasteiger partial charge in [-0.25, -0.2) is 8.42 Å². The molecule has 0 radical (unpaired) electrons. The maximum atomic E-state index is 12.7. The molecule has 2 N–H and O–H groups in total. The summed E-state index contributed by atoms with van der Waals surface area (Å²) in [6, 6.07) is 2.29. The summed E-state index contributed by atoms with van der Waals surface area (Å²) in [5.41, 5.74) is -1.51. The highest BCUT2D eigenvalue weighted by atomic mass is 32.2. The molecule has 0 heterocycles. The van der Waals surface area contributed by atoms with E-state index in [1.54, 1.807) is 0 Å². The van der Waals surface area contributed by atoms with Crippen molar-refractivity contribution in [2.24, 2.45) is 0 Å². The number of ether oxygens (including phenoxy) is 1. The molecule has 0 spiro atoms. The first-order valence-electron chi connectivity index (χ1n) is 5.96. The van der Waals surface area contributed by atoms with Gasteiger partial charge in [-0.05, 0) is 25.1 Å². The average molecular weight is 340 g/mol. The van der Waals surface area contributed by atoms with Gasteiger partial charge in [-0.2, -0.15) is 13.2 Å². The summed E-state index contributed by atoms with van der Waals surface area (Å²) < 4.78 is 67.4. The van der Waals surface area contributed by atoms with E-state index in [9.17, 15) is 26.4 Å². The van der Waals surface area contributed by atoms with Gasteiger partial charge in [-0.15, -0.1) is 0 Å². The number of hydrogen-bond acceptors (Lipinski definition) is 4. The van der Waals surface area contributed by atoms with Gasteiger partial charge in [-0.1, -0.05) is 0 Å². The van der Waals surface area contributed by atoms with Crippen molar-refractivity contribution in [1.29, 1.82) is 0 Å². The first-order chi connectivity index (χ1) is 9.94. The van der Waals surface area contributed by atoms with E-state index in [1.807, 2.05) is 4.72 Å². The van der Waals surface area contributed by atoms with Crippen molar-refractivity contribution in [2.45, 2.75) is 19.2 Å². The van der Waals surface area contributed by atoms with Crippen LogP contribution in [-0.4, -0.2) is 33.8 Å². The Morgan fingerprint density at radius 3 is 2.32 bits per heavy atom. The van der Waals surface area contributed by atoms with Crippen LogP contribution in [-0.2, 0) is 25.7 Å². The summed E-state index contributed by atoms with van der Waals surface area (Å²) in [5, 5.41) is 2.21. The molecule has 0 aliphatic heterocycles. The molecule has 0 fully saturated rings. The second-order valence-corrected chi connectivity index (χ2v) is 6.25. The van der Waals surface area contributed by atoms with Gasteiger partial charge in [0.2, 0.25) is 10.0 Å². The number of sulfonamides is 1. The summed E-state index contributed by atoms with van der Waals surface area (Å²) in [6.45, 7) is 1.40. The summed E-state index contributed by atoms with van der Waals surface area (Å²) in [4.78, 5) is 11.7. The Kier molecular flexibility index (Phi) is 5.41. The average Bonchev–Trinajstić information content (AvgIpc) is 2.36. The fraction of sp³-hybridized carbons (Fsp3) is 0.417. The SMILES string of the molecule is COC(C)C(=O)Nc1cc(C(F)(F)F)ccc1NS(C)(=O)=O. The molecule has 1 atom stereocenters. The molecule has 6 nitrogen and oxygen atoms in total. The molecule has 1 aromatic rings. The highest BCUT2D eigenvalue weighted by Crippen LogP contribution is 2.34. The van der Waals surface area contributed by atoms with E-state index in [2.05, 4.69) is 5.32 Å². The topological polar surface area (TPSA) is 84.5 Å². The Hall–Kier alpha value is -1.81. The van der Waals surface area contributed by atoms with Crippen LogP contribution in [0.25, 0.3) is 0 Å². The number of amides is 1. The van der Waals surface area contributed by atoms with Crippen LogP contribution >= 0.6 is 0 Å². The first-order valence-corrected chi connectivity index (χ1v) is 7.86. The zero-order valence-corrected chi connectivity index (χ0v) is 12.8. The van der Waals surface area contributed by atoms with Gasteiger partial charge < -0.3 is 10.1 Å². The Morgan fingerprint density at radius 2 is 1.86 bits per heavy atom. The molecule has 10 heteroatoms. The largest absolute Gasteiger partial charge is 0.416 e. The number of halogens is 3. The molecule has 124 valence electrons. The van der Waals surface area contributed by atoms with Crippen LogP contribution in [0.1, 0.15) is 12.5 Å². The van der Waals surface area contributed by atoms with E-state index in [0.717, 1.165) is 12.3 Å². The van der Waals surface area contributed by atoms with E-state index in [1.165, 1.54) is 14.0 Å². The molecule has 0 saturated carbocycles. The second kappa shape index (κ2) is 6.53. The standard InChI is InChI=1S/C12H15F3N2O4S/c1-7(21-2)11(18)16-10-6-8(12(13,14)15)4-5-9(10)17-22(3,19)20/h4-7,17H,1-3H3,(H,16,18). The lowest BCUT2D eigenvalue weighted by molar-refractivity contribution is -0.137. The lowest BCUT2D eigenvalue weighted by Crippen LogP contribution is -2.27. The molecule has 1 rings (SSSR count). The van der Waals surface area contributed by atoms with Crippen molar-refractivity contribution in [1.82, 2.24) is 0 Å². The van der Waals surface area contributed by atoms with Crippen LogP contribution < -0.4 is 10.0 Å². The third-order valence-electron chi connectivity index (χ3n) is 2.62. The van der Waals surface area contributed by atoms with Crippen molar-refractivity contribution in [3.05, 3.63) is 23.8 Å². The van der Waals surface area contributed by atoms with Gasteiger partial charge in [0, 0.05) is 7.11 Å². The summed E-state index contributed by atoms with van der Waals surface area (Å²) in [6.07, 6.45) is -4.70. The van der Waals surface area contributed by atoms with Crippen molar-refractivity contribution < 1.29 is 31.1 Å². The van der Waals surface area contributed by atoms with Gasteiger partial charge in [-0.3, -0.25) is 9.52 Å². The number of methoxy groups -OCH3 is 1. The maximum absolute atomic E-state index is 12.7. The molecule has 22 heavy (non-hydrogen) atoms. The van der Waals surface area contributed by atoms with E-state index in [4.69, 9.17) is 4.74 Å². The van der Waals surface area contributed by atoms with Crippen molar-refractivity contribution >= 4 is 27.3 Å². The molecular weight excluding hydrogens is 325 g/mol. The molecule has 0 bridgehead atoms. The number of anilines is 2. The molecule has 1 amide bonds. The number of carbonyl (C=O) groups is 1. The number of carbonyl (C=O) groups excluding carboxylic acids is 1. The third-order valence-corrected chi connectivity index (χ3v) is 3.21. The number of hydrogen-bond donors (Lipinski definition) is 2. The number of rotatable bonds is 5. The van der Waals surface area contributed by atoms with E-state index >= 15 is 0 Å². The van der Waals surface area contributed by atoms with Crippen LogP contribution in [0.5, 0.6) is 0 Å². The number of nitrogens with one attached hydrogen (secondary N) is 2. The predicted octanol–water partition coefficient (Wildman–Crippen LogP) is 2.05. The lowest BCUT2D eigenvalue weighted by atomic mass is 10.1. The van der Waals surface area contributed by atoms with E-state index in [-0.39, 0.29) is 11.4 Å². The first kappa shape index (κ1) is 18.2. The molecule has 0 aliphatic carbocycles. The van der Waals surface area contributed by atoms with Crippen molar-refractivity contribution in [3.8, 4) is 0 Å². The van der Waals surface area contributed by atoms with Gasteiger partial charge in [0.15, 0.2) is 0 Å². The van der Waals surface area contributed by atoms with Gasteiger partial charge in [0.1, 0.15) is 6.10 Å². The minimum atomic E-state index is -4.63. The van der Waals surface area contributed by atoms with Crippen LogP contribution in [0.15, 0.2) is 18.2 Å². The van der Waals surface area contributed by atoms with Crippen LogP contribution in [0.3, 0.4) is 0 Å². The van der Waals surface area contributed by atoms with Crippen molar-refractivity contribution in [2.75, 3.05) is 23.4 Å². The molecule has 0 aromatic heterocycles. The summed E-state index contributed by atoms with van der Waals surface area (Å²) in [7, 11) is -2.47. The summed E-state index contributed by atoms with van der Waals surface area (Å²) >= 11 is 0. The van der Waals surface area contributed by atoms with Crippen molar-refractivity contribution in [3.63, 3.8) is 0 Å². The normalized spacial score (nSPS) is 13.5. The zero-order chi connectivity index (χ0) is 17.1. The Morgan fingerprint density at radius 1 is 1.27 bits per heavy atom. The number of alkyl halides is 3. The van der Waals surface area contributed by atoms with E-state index < -0.39 is 33.8 Å². The third kappa shape index (κ3) is 5.19. The zero-order valence-electron chi connectivity index (χ0n) is 12.0. The molecule has 0 aliphatic rings. The molecule has 1 unspecified atom stereocenters. The van der Waals surface area contributed by atoms with Crippen LogP contribution in [0, 0.1) is 0 Å². The fourth-order valence-corrected chi connectivity index (χ4v) is 2.03. The van der Waals surface area contributed by atoms with Crippen LogP contribution in [0.4, 0.5) is 24.5 Å². The van der Waals surface area contributed by atoms with Gasteiger partial charge in [0.05, 0.1) is 23.2 Å². The molecular formula is C12H15F3N2O4S. The Bertz CT molecular complexity index is 659. The smallest absolute Gasteiger partial charge is 0.372 e. The van der Waals surface area contributed by atoms with Crippen LogP contribution in [0.2, 0.25) is 0 Å². The molecule has 0 saturated heterocycles. The lowest BCUT2D eigenvalue weighted by Gasteiger charge is -2.16. The monoisotopic (exact) mass is 340 g/mol. The molecule has 1 aromatic carbocycles. The quantitative estimate of drug-likeness (QED) is 0.859. The Labute approximate surface area is 125 Å². The summed E-state index contributed by atoms with van der Waals surface area (Å²) in [5.74, 6) is -0.710. The van der Waals surface area contributed by atoms with Gasteiger partial charge >= 0.3 is 6.18 Å². The predicted molar refractivity (Wildman–Crippen MR) is 75.0 cm³/mol. The minimum absolute atomic E-state index is 0.174. The Balaban J connectivity index is 3.25. The van der Waals surface area contributed by atoms with Gasteiger partial charge in [0.25, 0.3) is 5.91 Å². The number of benzene rings is 1.